The minimum absolute atomic E-state index is 0.603. The van der Waals surface area contributed by atoms with Gasteiger partial charge in [0.1, 0.15) is 0 Å². The zero-order chi connectivity index (χ0) is 10.7. The Bertz CT molecular complexity index is 282. The Morgan fingerprint density at radius 1 is 1.15 bits per heavy atom. The van der Waals surface area contributed by atoms with Gasteiger partial charge in [0.05, 0.1) is 0 Å². The molecule has 0 aliphatic carbocycles. The van der Waals surface area contributed by atoms with Gasteiger partial charge in [-0.15, -0.1) is 0 Å². The standard InChI is InChI=1S/C5H6O2.C4H4O2/c1-2-3-4-5(6)7;1-2-3-4(5)6/h2H2,1H3,(H,6,7);1H3,(H,5,6). The van der Waals surface area contributed by atoms with Crippen molar-refractivity contribution in [2.24, 2.45) is 0 Å². The number of hydrogen-bond acceptors (Lipinski definition) is 2. The summed E-state index contributed by atoms with van der Waals surface area (Å²) in [6.45, 7) is 3.28. The highest BCUT2D eigenvalue weighted by Gasteiger charge is 1.78. The van der Waals surface area contributed by atoms with Crippen molar-refractivity contribution in [3.8, 4) is 23.7 Å². The van der Waals surface area contributed by atoms with Crippen LogP contribution in [0.15, 0.2) is 0 Å². The number of carbonyl (C=O) groups is 2. The van der Waals surface area contributed by atoms with Gasteiger partial charge in [0.2, 0.25) is 0 Å². The van der Waals surface area contributed by atoms with Crippen LogP contribution in [0.1, 0.15) is 20.3 Å². The molecule has 2 N–H and O–H groups in total. The third-order valence-corrected chi connectivity index (χ3v) is 0.604. The minimum atomic E-state index is -1.07. The van der Waals surface area contributed by atoms with E-state index >= 15 is 0 Å². The molecule has 0 amide bonds. The molecular weight excluding hydrogens is 172 g/mol. The molecule has 13 heavy (non-hydrogen) atoms. The van der Waals surface area contributed by atoms with E-state index in [9.17, 15) is 9.59 Å². The summed E-state index contributed by atoms with van der Waals surface area (Å²) in [5, 5.41) is 15.6. The van der Waals surface area contributed by atoms with Gasteiger partial charge in [-0.1, -0.05) is 18.8 Å². The second-order valence-corrected chi connectivity index (χ2v) is 1.64. The quantitative estimate of drug-likeness (QED) is 0.537. The van der Waals surface area contributed by atoms with Crippen LogP contribution in [0.4, 0.5) is 0 Å². The first-order chi connectivity index (χ1) is 6.04. The number of aliphatic carboxylic acids is 2. The molecule has 4 heteroatoms. The van der Waals surface area contributed by atoms with Gasteiger partial charge in [0.25, 0.3) is 0 Å². The molecule has 0 spiro atoms. The van der Waals surface area contributed by atoms with Crippen molar-refractivity contribution in [1.82, 2.24) is 0 Å². The van der Waals surface area contributed by atoms with Crippen LogP contribution in [0.5, 0.6) is 0 Å². The Hall–Kier alpha value is -1.94. The zero-order valence-corrected chi connectivity index (χ0v) is 7.42. The largest absolute Gasteiger partial charge is 0.472 e. The fourth-order valence-corrected chi connectivity index (χ4v) is 0.271. The van der Waals surface area contributed by atoms with Crippen LogP contribution < -0.4 is 0 Å². The summed E-state index contributed by atoms with van der Waals surface area (Å²) in [4.78, 5) is 19.0. The third kappa shape index (κ3) is 25.5. The Kier molecular flexibility index (Phi) is 10.6. The Labute approximate surface area is 76.6 Å². The van der Waals surface area contributed by atoms with Gasteiger partial charge in [-0.3, -0.25) is 0 Å². The van der Waals surface area contributed by atoms with Crippen LogP contribution in [0, 0.1) is 23.7 Å². The maximum Gasteiger partial charge on any atom is 0.381 e. The topological polar surface area (TPSA) is 74.6 Å². The second-order valence-electron chi connectivity index (χ2n) is 1.64. The second kappa shape index (κ2) is 10.1. The Balaban J connectivity index is 0. The Morgan fingerprint density at radius 3 is 1.69 bits per heavy atom. The van der Waals surface area contributed by atoms with Crippen molar-refractivity contribution in [3.05, 3.63) is 0 Å². The molecule has 0 unspecified atom stereocenters. The van der Waals surface area contributed by atoms with Gasteiger partial charge in [-0.25, -0.2) is 9.59 Å². The van der Waals surface area contributed by atoms with Crippen molar-refractivity contribution in [2.45, 2.75) is 20.3 Å². The van der Waals surface area contributed by atoms with Gasteiger partial charge in [0.15, 0.2) is 0 Å². The lowest BCUT2D eigenvalue weighted by molar-refractivity contribution is -0.131. The SMILES string of the molecule is CC#CC(=O)O.CCC#CC(=O)O. The summed E-state index contributed by atoms with van der Waals surface area (Å²) in [5.41, 5.74) is 0. The fourth-order valence-electron chi connectivity index (χ4n) is 0.271. The van der Waals surface area contributed by atoms with Crippen LogP contribution >= 0.6 is 0 Å². The first kappa shape index (κ1) is 13.6. The smallest absolute Gasteiger partial charge is 0.381 e. The third-order valence-electron chi connectivity index (χ3n) is 0.604. The number of carboxylic acid groups (broad SMARTS) is 2. The molecule has 0 bridgehead atoms. The van der Waals surface area contributed by atoms with Crippen molar-refractivity contribution >= 4 is 11.9 Å². The predicted octanol–water partition coefficient (Wildman–Crippen LogP) is 0.579. The highest BCUT2D eigenvalue weighted by molar-refractivity contribution is 5.86. The number of carboxylic acids is 2. The highest BCUT2D eigenvalue weighted by Crippen LogP contribution is 1.65. The molecule has 0 heterocycles. The molecule has 0 radical (unpaired) electrons. The molecule has 0 fully saturated rings. The van der Waals surface area contributed by atoms with Crippen molar-refractivity contribution in [2.75, 3.05) is 0 Å². The van der Waals surface area contributed by atoms with Gasteiger partial charge >= 0.3 is 11.9 Å². The lowest BCUT2D eigenvalue weighted by atomic mass is 10.5. The van der Waals surface area contributed by atoms with E-state index in [1.54, 1.807) is 6.92 Å². The minimum Gasteiger partial charge on any atom is -0.472 e. The van der Waals surface area contributed by atoms with Crippen LogP contribution in [0.3, 0.4) is 0 Å². The fraction of sp³-hybridized carbons (Fsp3) is 0.333. The highest BCUT2D eigenvalue weighted by atomic mass is 16.4. The molecule has 70 valence electrons. The molecule has 0 aromatic rings. The average molecular weight is 182 g/mol. The summed E-state index contributed by atoms with van der Waals surface area (Å²) in [6, 6.07) is 0. The molecule has 0 aromatic heterocycles. The predicted molar refractivity (Wildman–Crippen MR) is 46.8 cm³/mol. The zero-order valence-electron chi connectivity index (χ0n) is 7.42. The monoisotopic (exact) mass is 182 g/mol. The van der Waals surface area contributed by atoms with Gasteiger partial charge in [-0.2, -0.15) is 0 Å². The molecular formula is C9H10O4. The maximum absolute atomic E-state index is 9.58. The average Bonchev–Trinajstić information content (AvgIpc) is 2.01. The maximum atomic E-state index is 9.58. The number of hydrogen-bond donors (Lipinski definition) is 2. The lowest BCUT2D eigenvalue weighted by Gasteiger charge is -1.67. The van der Waals surface area contributed by atoms with E-state index in [0.29, 0.717) is 6.42 Å². The van der Waals surface area contributed by atoms with Crippen molar-refractivity contribution in [3.63, 3.8) is 0 Å². The summed E-state index contributed by atoms with van der Waals surface area (Å²) in [7, 11) is 0. The summed E-state index contributed by atoms with van der Waals surface area (Å²) in [6.07, 6.45) is 0.603. The molecule has 4 nitrogen and oxygen atoms in total. The molecule has 0 rings (SSSR count). The first-order valence-electron chi connectivity index (χ1n) is 3.42. The van der Waals surface area contributed by atoms with Crippen molar-refractivity contribution in [1.29, 1.82) is 0 Å². The van der Waals surface area contributed by atoms with E-state index in [1.165, 1.54) is 6.92 Å². The van der Waals surface area contributed by atoms with E-state index in [2.05, 4.69) is 11.8 Å². The lowest BCUT2D eigenvalue weighted by Crippen LogP contribution is -1.85. The first-order valence-corrected chi connectivity index (χ1v) is 3.42. The van der Waals surface area contributed by atoms with Crippen molar-refractivity contribution < 1.29 is 19.8 Å². The summed E-state index contributed by atoms with van der Waals surface area (Å²) >= 11 is 0. The number of rotatable bonds is 0. The van der Waals surface area contributed by atoms with Crippen LogP contribution in [-0.4, -0.2) is 22.2 Å². The van der Waals surface area contributed by atoms with Crippen LogP contribution in [0.2, 0.25) is 0 Å². The normalized spacial score (nSPS) is 6.00. The van der Waals surface area contributed by atoms with E-state index < -0.39 is 11.9 Å². The molecule has 0 aromatic carbocycles. The van der Waals surface area contributed by atoms with Crippen LogP contribution in [-0.2, 0) is 9.59 Å². The van der Waals surface area contributed by atoms with E-state index in [0.717, 1.165) is 0 Å². The molecule has 0 aliphatic heterocycles. The molecule has 0 saturated carbocycles. The molecule has 0 atom stereocenters. The van der Waals surface area contributed by atoms with Crippen LogP contribution in [0.25, 0.3) is 0 Å². The summed E-state index contributed by atoms with van der Waals surface area (Å²) < 4.78 is 0. The van der Waals surface area contributed by atoms with E-state index in [1.807, 2.05) is 11.8 Å². The van der Waals surface area contributed by atoms with E-state index in [-0.39, 0.29) is 0 Å². The van der Waals surface area contributed by atoms with Gasteiger partial charge in [0, 0.05) is 18.3 Å². The van der Waals surface area contributed by atoms with Gasteiger partial charge < -0.3 is 10.2 Å². The Morgan fingerprint density at radius 2 is 1.62 bits per heavy atom. The summed E-state index contributed by atoms with van der Waals surface area (Å²) in [5.74, 6) is 6.33. The molecule has 0 saturated heterocycles. The molecule has 0 aliphatic rings. The van der Waals surface area contributed by atoms with Gasteiger partial charge in [-0.05, 0) is 6.92 Å². The van der Waals surface area contributed by atoms with E-state index in [4.69, 9.17) is 10.2 Å².